The Kier molecular flexibility index (Phi) is 5.20. The van der Waals surface area contributed by atoms with Crippen LogP contribution in [0.3, 0.4) is 0 Å². The molecule has 0 bridgehead atoms. The van der Waals surface area contributed by atoms with Crippen LogP contribution in [0.25, 0.3) is 0 Å². The molecule has 0 saturated heterocycles. The zero-order valence-corrected chi connectivity index (χ0v) is 12.8. The highest BCUT2D eigenvalue weighted by Gasteiger charge is 2.27. The number of carbonyl (C=O) groups is 1. The second-order valence-corrected chi connectivity index (χ2v) is 5.18. The summed E-state index contributed by atoms with van der Waals surface area (Å²) >= 11 is 3.29. The van der Waals surface area contributed by atoms with Crippen molar-refractivity contribution < 1.29 is 24.5 Å². The molecule has 0 aliphatic rings. The van der Waals surface area contributed by atoms with Crippen LogP contribution in [0.15, 0.2) is 10.5 Å². The molecule has 5 nitrogen and oxygen atoms in total. The lowest BCUT2D eigenvalue weighted by atomic mass is 9.92. The van der Waals surface area contributed by atoms with Crippen LogP contribution in [-0.2, 0) is 4.79 Å². The maximum atomic E-state index is 11.0. The van der Waals surface area contributed by atoms with Crippen molar-refractivity contribution in [2.75, 3.05) is 14.2 Å². The predicted octanol–water partition coefficient (Wildman–Crippen LogP) is 2.71. The number of rotatable bonds is 5. The molecule has 0 fully saturated rings. The van der Waals surface area contributed by atoms with Crippen molar-refractivity contribution >= 4 is 21.9 Å². The number of hydrogen-bond acceptors (Lipinski definition) is 4. The molecule has 106 valence electrons. The van der Waals surface area contributed by atoms with Crippen molar-refractivity contribution in [3.05, 3.63) is 21.7 Å². The molecule has 1 aromatic rings. The number of aliphatic carboxylic acids is 1. The van der Waals surface area contributed by atoms with E-state index in [1.807, 2.05) is 13.8 Å². The molecule has 0 aromatic heterocycles. The third-order valence-electron chi connectivity index (χ3n) is 2.78. The summed E-state index contributed by atoms with van der Waals surface area (Å²) in [7, 11) is 2.98. The van der Waals surface area contributed by atoms with Crippen LogP contribution in [0.1, 0.15) is 37.0 Å². The molecule has 1 aromatic carbocycles. The van der Waals surface area contributed by atoms with Gasteiger partial charge in [-0.25, -0.2) is 4.79 Å². The first-order chi connectivity index (χ1) is 8.84. The van der Waals surface area contributed by atoms with E-state index in [1.165, 1.54) is 14.2 Å². The first-order valence-electron chi connectivity index (χ1n) is 5.70. The average molecular weight is 333 g/mol. The van der Waals surface area contributed by atoms with Crippen molar-refractivity contribution in [3.63, 3.8) is 0 Å². The number of methoxy groups -OCH3 is 2. The van der Waals surface area contributed by atoms with Gasteiger partial charge in [0.1, 0.15) is 0 Å². The van der Waals surface area contributed by atoms with Gasteiger partial charge in [0, 0.05) is 11.1 Å². The zero-order valence-electron chi connectivity index (χ0n) is 11.2. The average Bonchev–Trinajstić information content (AvgIpc) is 2.35. The van der Waals surface area contributed by atoms with Crippen molar-refractivity contribution in [3.8, 4) is 11.5 Å². The number of ether oxygens (including phenoxy) is 2. The van der Waals surface area contributed by atoms with Gasteiger partial charge in [0.15, 0.2) is 17.6 Å². The Hall–Kier alpha value is -1.27. The standard InChI is InChI=1S/C13H17BrO5/c1-6(2)9-7(10(15)13(16)17)5-8(14)11(18-3)12(9)19-4/h5-6,10,15H,1-4H3,(H,16,17). The van der Waals surface area contributed by atoms with Gasteiger partial charge in [0.05, 0.1) is 18.7 Å². The smallest absolute Gasteiger partial charge is 0.337 e. The zero-order chi connectivity index (χ0) is 14.7. The van der Waals surface area contributed by atoms with E-state index < -0.39 is 12.1 Å². The van der Waals surface area contributed by atoms with Gasteiger partial charge in [-0.1, -0.05) is 13.8 Å². The summed E-state index contributed by atoms with van der Waals surface area (Å²) in [6.07, 6.45) is -1.60. The molecule has 0 saturated carbocycles. The molecule has 19 heavy (non-hydrogen) atoms. The Balaban J connectivity index is 3.64. The molecule has 6 heteroatoms. The SMILES string of the molecule is COc1c(Br)cc(C(O)C(=O)O)c(C(C)C)c1OC. The summed E-state index contributed by atoms with van der Waals surface area (Å²) in [6.45, 7) is 3.78. The van der Waals surface area contributed by atoms with Gasteiger partial charge in [0.2, 0.25) is 0 Å². The van der Waals surface area contributed by atoms with Gasteiger partial charge in [-0.15, -0.1) is 0 Å². The first-order valence-corrected chi connectivity index (χ1v) is 6.49. The van der Waals surface area contributed by atoms with Gasteiger partial charge in [0.25, 0.3) is 0 Å². The third kappa shape index (κ3) is 3.01. The topological polar surface area (TPSA) is 76.0 Å². The van der Waals surface area contributed by atoms with Gasteiger partial charge in [-0.2, -0.15) is 0 Å². The van der Waals surface area contributed by atoms with Crippen LogP contribution in [0.5, 0.6) is 11.5 Å². The summed E-state index contributed by atoms with van der Waals surface area (Å²) in [6, 6.07) is 1.55. The van der Waals surface area contributed by atoms with Crippen LogP contribution in [-0.4, -0.2) is 30.4 Å². The maximum absolute atomic E-state index is 11.0. The van der Waals surface area contributed by atoms with E-state index in [4.69, 9.17) is 14.6 Å². The molecule has 0 heterocycles. The van der Waals surface area contributed by atoms with E-state index in [2.05, 4.69) is 15.9 Å². The molecule has 1 atom stereocenters. The third-order valence-corrected chi connectivity index (χ3v) is 3.36. The van der Waals surface area contributed by atoms with Crippen LogP contribution >= 0.6 is 15.9 Å². The highest BCUT2D eigenvalue weighted by Crippen LogP contribution is 2.45. The highest BCUT2D eigenvalue weighted by molar-refractivity contribution is 9.10. The second-order valence-electron chi connectivity index (χ2n) is 4.32. The predicted molar refractivity (Wildman–Crippen MR) is 73.9 cm³/mol. The van der Waals surface area contributed by atoms with Crippen LogP contribution in [0.2, 0.25) is 0 Å². The fourth-order valence-electron chi connectivity index (χ4n) is 1.99. The van der Waals surface area contributed by atoms with Crippen LogP contribution < -0.4 is 9.47 Å². The van der Waals surface area contributed by atoms with E-state index in [-0.39, 0.29) is 5.92 Å². The van der Waals surface area contributed by atoms with Crippen molar-refractivity contribution in [2.45, 2.75) is 25.9 Å². The number of halogens is 1. The number of carboxylic acids is 1. The molecule has 1 unspecified atom stereocenters. The molecular weight excluding hydrogens is 316 g/mol. The lowest BCUT2D eigenvalue weighted by Gasteiger charge is -2.22. The molecule has 1 rings (SSSR count). The fraction of sp³-hybridized carbons (Fsp3) is 0.462. The minimum atomic E-state index is -1.60. The normalized spacial score (nSPS) is 12.4. The number of hydrogen-bond donors (Lipinski definition) is 2. The largest absolute Gasteiger partial charge is 0.493 e. The van der Waals surface area contributed by atoms with Gasteiger partial charge >= 0.3 is 5.97 Å². The molecular formula is C13H17BrO5. The maximum Gasteiger partial charge on any atom is 0.337 e. The summed E-state index contributed by atoms with van der Waals surface area (Å²) in [5, 5.41) is 18.8. The molecule has 0 amide bonds. The summed E-state index contributed by atoms with van der Waals surface area (Å²) < 4.78 is 11.1. The minimum Gasteiger partial charge on any atom is -0.493 e. The number of aliphatic hydroxyl groups excluding tert-OH is 1. The van der Waals surface area contributed by atoms with E-state index in [0.717, 1.165) is 0 Å². The quantitative estimate of drug-likeness (QED) is 0.866. The Morgan fingerprint density at radius 2 is 1.79 bits per heavy atom. The van der Waals surface area contributed by atoms with Crippen molar-refractivity contribution in [2.24, 2.45) is 0 Å². The fourth-order valence-corrected chi connectivity index (χ4v) is 2.58. The summed E-state index contributed by atoms with van der Waals surface area (Å²) in [5.41, 5.74) is 0.921. The molecule has 0 aliphatic heterocycles. The molecule has 0 radical (unpaired) electrons. The van der Waals surface area contributed by atoms with Crippen LogP contribution in [0.4, 0.5) is 0 Å². The summed E-state index contributed by atoms with van der Waals surface area (Å²) in [5.74, 6) is -0.420. The molecule has 2 N–H and O–H groups in total. The molecule has 0 aliphatic carbocycles. The Morgan fingerprint density at radius 1 is 1.26 bits per heavy atom. The summed E-state index contributed by atoms with van der Waals surface area (Å²) in [4.78, 5) is 11.0. The highest BCUT2D eigenvalue weighted by atomic mass is 79.9. The first kappa shape index (κ1) is 15.8. The minimum absolute atomic E-state index is 0.0269. The lowest BCUT2D eigenvalue weighted by molar-refractivity contribution is -0.147. The van der Waals surface area contributed by atoms with E-state index >= 15 is 0 Å². The van der Waals surface area contributed by atoms with Crippen molar-refractivity contribution in [1.29, 1.82) is 0 Å². The van der Waals surface area contributed by atoms with E-state index in [9.17, 15) is 9.90 Å². The number of carboxylic acid groups (broad SMARTS) is 1. The van der Waals surface area contributed by atoms with Gasteiger partial charge in [-0.3, -0.25) is 0 Å². The van der Waals surface area contributed by atoms with Crippen molar-refractivity contribution in [1.82, 2.24) is 0 Å². The van der Waals surface area contributed by atoms with Gasteiger partial charge < -0.3 is 19.7 Å². The van der Waals surface area contributed by atoms with E-state index in [1.54, 1.807) is 6.07 Å². The van der Waals surface area contributed by atoms with Crippen LogP contribution in [0, 0.1) is 0 Å². The monoisotopic (exact) mass is 332 g/mol. The Labute approximate surface area is 120 Å². The van der Waals surface area contributed by atoms with Gasteiger partial charge in [-0.05, 0) is 27.9 Å². The molecule has 0 spiro atoms. The Bertz CT molecular complexity index is 484. The second kappa shape index (κ2) is 6.25. The number of aliphatic hydroxyl groups is 1. The lowest BCUT2D eigenvalue weighted by Crippen LogP contribution is -2.14. The van der Waals surface area contributed by atoms with E-state index in [0.29, 0.717) is 27.1 Å². The number of benzene rings is 1. The Morgan fingerprint density at radius 3 is 2.16 bits per heavy atom.